The Kier molecular flexibility index (Phi) is 6.87. The van der Waals surface area contributed by atoms with Crippen LogP contribution in [-0.4, -0.2) is 12.2 Å². The SMILES string of the molecule is CCCCCCCCC1(COCc2ccco2)CC=CO1. The maximum Gasteiger partial charge on any atom is 0.135 e. The van der Waals surface area contributed by atoms with Gasteiger partial charge in [-0.1, -0.05) is 39.0 Å². The Hall–Kier alpha value is -1.22. The third-order valence-corrected chi connectivity index (χ3v) is 4.08. The summed E-state index contributed by atoms with van der Waals surface area (Å²) < 4.78 is 16.9. The van der Waals surface area contributed by atoms with Crippen LogP contribution in [0.4, 0.5) is 0 Å². The van der Waals surface area contributed by atoms with Crippen molar-refractivity contribution in [3.63, 3.8) is 0 Å². The zero-order valence-corrected chi connectivity index (χ0v) is 13.2. The Labute approximate surface area is 128 Å². The summed E-state index contributed by atoms with van der Waals surface area (Å²) in [7, 11) is 0. The molecular weight excluding hydrogens is 264 g/mol. The Morgan fingerprint density at radius 1 is 1.19 bits per heavy atom. The summed E-state index contributed by atoms with van der Waals surface area (Å²) in [6, 6.07) is 3.83. The van der Waals surface area contributed by atoms with Gasteiger partial charge in [0.1, 0.15) is 18.0 Å². The molecule has 0 bridgehead atoms. The predicted molar refractivity (Wildman–Crippen MR) is 83.9 cm³/mol. The highest BCUT2D eigenvalue weighted by molar-refractivity contribution is 4.99. The van der Waals surface area contributed by atoms with Crippen molar-refractivity contribution in [1.82, 2.24) is 0 Å². The average molecular weight is 292 g/mol. The lowest BCUT2D eigenvalue weighted by Crippen LogP contribution is -2.33. The molecule has 1 aliphatic rings. The van der Waals surface area contributed by atoms with Crippen molar-refractivity contribution in [2.24, 2.45) is 0 Å². The van der Waals surface area contributed by atoms with Gasteiger partial charge in [-0.05, 0) is 31.1 Å². The fraction of sp³-hybridized carbons (Fsp3) is 0.667. The lowest BCUT2D eigenvalue weighted by molar-refractivity contribution is -0.0555. The average Bonchev–Trinajstić information content (AvgIpc) is 3.15. The van der Waals surface area contributed by atoms with E-state index in [1.807, 2.05) is 18.4 Å². The summed E-state index contributed by atoms with van der Waals surface area (Å²) in [6.07, 6.45) is 15.5. The van der Waals surface area contributed by atoms with Gasteiger partial charge in [-0.2, -0.15) is 0 Å². The van der Waals surface area contributed by atoms with Crippen LogP contribution in [0.3, 0.4) is 0 Å². The molecule has 1 aromatic rings. The predicted octanol–water partition coefficient (Wildman–Crippen LogP) is 5.22. The van der Waals surface area contributed by atoms with Crippen LogP contribution in [0.5, 0.6) is 0 Å². The lowest BCUT2D eigenvalue weighted by Gasteiger charge is -2.28. The molecule has 0 aliphatic carbocycles. The minimum atomic E-state index is -0.142. The first-order valence-corrected chi connectivity index (χ1v) is 8.28. The van der Waals surface area contributed by atoms with Gasteiger partial charge in [-0.25, -0.2) is 0 Å². The highest BCUT2D eigenvalue weighted by Gasteiger charge is 2.33. The third-order valence-electron chi connectivity index (χ3n) is 4.08. The lowest BCUT2D eigenvalue weighted by atomic mass is 9.94. The number of unbranched alkanes of at least 4 members (excludes halogenated alkanes) is 5. The largest absolute Gasteiger partial charge is 0.492 e. The van der Waals surface area contributed by atoms with Gasteiger partial charge in [0, 0.05) is 6.42 Å². The Balaban J connectivity index is 1.64. The third kappa shape index (κ3) is 5.58. The number of furan rings is 1. The van der Waals surface area contributed by atoms with E-state index in [1.54, 1.807) is 6.26 Å². The Bertz CT molecular complexity index is 387. The van der Waals surface area contributed by atoms with E-state index in [1.165, 1.54) is 38.5 Å². The van der Waals surface area contributed by atoms with Crippen LogP contribution < -0.4 is 0 Å². The number of ether oxygens (including phenoxy) is 2. The van der Waals surface area contributed by atoms with Crippen molar-refractivity contribution in [3.05, 3.63) is 36.5 Å². The molecule has 1 aromatic heterocycles. The number of hydrogen-bond acceptors (Lipinski definition) is 3. The maximum atomic E-state index is 5.85. The van der Waals surface area contributed by atoms with Gasteiger partial charge < -0.3 is 13.9 Å². The van der Waals surface area contributed by atoms with E-state index in [9.17, 15) is 0 Å². The summed E-state index contributed by atoms with van der Waals surface area (Å²) in [5, 5.41) is 0. The molecule has 0 amide bonds. The first-order valence-electron chi connectivity index (χ1n) is 8.28. The fourth-order valence-electron chi connectivity index (χ4n) is 2.79. The summed E-state index contributed by atoms with van der Waals surface area (Å²) in [4.78, 5) is 0. The van der Waals surface area contributed by atoms with Gasteiger partial charge in [0.25, 0.3) is 0 Å². The van der Waals surface area contributed by atoms with Crippen LogP contribution in [-0.2, 0) is 16.1 Å². The van der Waals surface area contributed by atoms with Gasteiger partial charge in [0.05, 0.1) is 19.1 Å². The molecule has 21 heavy (non-hydrogen) atoms. The Morgan fingerprint density at radius 3 is 2.76 bits per heavy atom. The molecule has 0 spiro atoms. The minimum absolute atomic E-state index is 0.142. The summed E-state index contributed by atoms with van der Waals surface area (Å²) in [6.45, 7) is 3.41. The smallest absolute Gasteiger partial charge is 0.135 e. The summed E-state index contributed by atoms with van der Waals surface area (Å²) in [5.74, 6) is 0.871. The molecule has 3 nitrogen and oxygen atoms in total. The molecule has 1 atom stereocenters. The number of rotatable bonds is 11. The fourth-order valence-corrected chi connectivity index (χ4v) is 2.79. The van der Waals surface area contributed by atoms with Crippen LogP contribution >= 0.6 is 0 Å². The highest BCUT2D eigenvalue weighted by atomic mass is 16.5. The molecule has 1 aliphatic heterocycles. The monoisotopic (exact) mass is 292 g/mol. The molecule has 0 aromatic carbocycles. The van der Waals surface area contributed by atoms with Gasteiger partial charge in [0.15, 0.2) is 0 Å². The van der Waals surface area contributed by atoms with Crippen molar-refractivity contribution < 1.29 is 13.9 Å². The van der Waals surface area contributed by atoms with E-state index in [2.05, 4.69) is 13.0 Å². The van der Waals surface area contributed by atoms with Crippen molar-refractivity contribution in [2.45, 2.75) is 70.5 Å². The van der Waals surface area contributed by atoms with Gasteiger partial charge in [-0.15, -0.1) is 0 Å². The van der Waals surface area contributed by atoms with Crippen molar-refractivity contribution in [3.8, 4) is 0 Å². The van der Waals surface area contributed by atoms with Crippen molar-refractivity contribution in [2.75, 3.05) is 6.61 Å². The molecular formula is C18H28O3. The molecule has 0 saturated carbocycles. The van der Waals surface area contributed by atoms with Crippen LogP contribution in [0.15, 0.2) is 35.2 Å². The van der Waals surface area contributed by atoms with Crippen LogP contribution in [0.2, 0.25) is 0 Å². The van der Waals surface area contributed by atoms with Gasteiger partial charge in [-0.3, -0.25) is 0 Å². The molecule has 3 heteroatoms. The standard InChI is InChI=1S/C18H28O3/c1-2-3-4-5-6-7-11-18(12-9-14-21-18)16-19-15-17-10-8-13-20-17/h8-10,13-14H,2-7,11-12,15-16H2,1H3. The first-order chi connectivity index (χ1) is 10.3. The van der Waals surface area contributed by atoms with E-state index < -0.39 is 0 Å². The highest BCUT2D eigenvalue weighted by Crippen LogP contribution is 2.30. The van der Waals surface area contributed by atoms with E-state index in [-0.39, 0.29) is 5.60 Å². The second-order valence-corrected chi connectivity index (χ2v) is 5.97. The van der Waals surface area contributed by atoms with Crippen LogP contribution in [0.25, 0.3) is 0 Å². The molecule has 0 fully saturated rings. The van der Waals surface area contributed by atoms with Crippen LogP contribution in [0.1, 0.15) is 64.1 Å². The van der Waals surface area contributed by atoms with E-state index in [0.29, 0.717) is 13.2 Å². The molecule has 0 N–H and O–H groups in total. The van der Waals surface area contributed by atoms with Crippen molar-refractivity contribution in [1.29, 1.82) is 0 Å². The molecule has 118 valence electrons. The Morgan fingerprint density at radius 2 is 2.05 bits per heavy atom. The maximum absolute atomic E-state index is 5.85. The molecule has 2 heterocycles. The van der Waals surface area contributed by atoms with Crippen molar-refractivity contribution >= 4 is 0 Å². The van der Waals surface area contributed by atoms with Gasteiger partial charge >= 0.3 is 0 Å². The zero-order valence-electron chi connectivity index (χ0n) is 13.2. The van der Waals surface area contributed by atoms with E-state index in [0.717, 1.165) is 18.6 Å². The quantitative estimate of drug-likeness (QED) is 0.524. The molecule has 0 saturated heterocycles. The molecule has 0 radical (unpaired) electrons. The first kappa shape index (κ1) is 16.2. The zero-order chi connectivity index (χ0) is 14.8. The van der Waals surface area contributed by atoms with Gasteiger partial charge in [0.2, 0.25) is 0 Å². The van der Waals surface area contributed by atoms with E-state index >= 15 is 0 Å². The molecule has 2 rings (SSSR count). The number of hydrogen-bond donors (Lipinski definition) is 0. The topological polar surface area (TPSA) is 31.6 Å². The minimum Gasteiger partial charge on any atom is -0.492 e. The summed E-state index contributed by atoms with van der Waals surface area (Å²) in [5.41, 5.74) is -0.142. The van der Waals surface area contributed by atoms with Crippen LogP contribution in [0, 0.1) is 0 Å². The second kappa shape index (κ2) is 8.93. The normalized spacial score (nSPS) is 20.8. The second-order valence-electron chi connectivity index (χ2n) is 5.97. The van der Waals surface area contributed by atoms with E-state index in [4.69, 9.17) is 13.9 Å². The summed E-state index contributed by atoms with van der Waals surface area (Å²) >= 11 is 0. The molecule has 1 unspecified atom stereocenters.